The first-order valence-corrected chi connectivity index (χ1v) is 4.10. The first kappa shape index (κ1) is 10.7. The molecule has 0 aromatic rings. The SMILES string of the molecule is C/C=C/CCNCC(C)(C)O. The lowest BCUT2D eigenvalue weighted by Gasteiger charge is -2.17. The maximum atomic E-state index is 9.29. The molecule has 2 heteroatoms. The highest BCUT2D eigenvalue weighted by Gasteiger charge is 2.09. The first-order chi connectivity index (χ1) is 5.06. The molecule has 11 heavy (non-hydrogen) atoms. The topological polar surface area (TPSA) is 32.3 Å². The summed E-state index contributed by atoms with van der Waals surface area (Å²) < 4.78 is 0. The van der Waals surface area contributed by atoms with E-state index in [9.17, 15) is 5.11 Å². The van der Waals surface area contributed by atoms with Crippen molar-refractivity contribution in [1.82, 2.24) is 5.32 Å². The minimum Gasteiger partial charge on any atom is -0.389 e. The molecule has 0 saturated heterocycles. The van der Waals surface area contributed by atoms with Gasteiger partial charge in [-0.05, 0) is 33.7 Å². The molecule has 0 aliphatic rings. The molecule has 0 aromatic carbocycles. The van der Waals surface area contributed by atoms with Crippen LogP contribution in [0.2, 0.25) is 0 Å². The van der Waals surface area contributed by atoms with Gasteiger partial charge in [-0.1, -0.05) is 12.2 Å². The van der Waals surface area contributed by atoms with Crippen LogP contribution in [0, 0.1) is 0 Å². The lowest BCUT2D eigenvalue weighted by Crippen LogP contribution is -2.35. The molecule has 0 rings (SSSR count). The van der Waals surface area contributed by atoms with Crippen molar-refractivity contribution >= 4 is 0 Å². The van der Waals surface area contributed by atoms with Gasteiger partial charge in [0.1, 0.15) is 0 Å². The summed E-state index contributed by atoms with van der Waals surface area (Å²) in [5, 5.41) is 12.5. The number of aliphatic hydroxyl groups is 1. The van der Waals surface area contributed by atoms with Gasteiger partial charge in [-0.25, -0.2) is 0 Å². The fourth-order valence-corrected chi connectivity index (χ4v) is 0.746. The van der Waals surface area contributed by atoms with Crippen LogP contribution >= 0.6 is 0 Å². The number of hydrogen-bond donors (Lipinski definition) is 2. The molecule has 0 fully saturated rings. The fourth-order valence-electron chi connectivity index (χ4n) is 0.746. The lowest BCUT2D eigenvalue weighted by atomic mass is 10.1. The average molecular weight is 157 g/mol. The standard InChI is InChI=1S/C9H19NO/c1-4-5-6-7-10-8-9(2,3)11/h4-5,10-11H,6-8H2,1-3H3/b5-4+. The number of nitrogens with one attached hydrogen (secondary N) is 1. The van der Waals surface area contributed by atoms with Gasteiger partial charge in [0.15, 0.2) is 0 Å². The molecular weight excluding hydrogens is 138 g/mol. The van der Waals surface area contributed by atoms with Gasteiger partial charge in [0.2, 0.25) is 0 Å². The Bertz CT molecular complexity index is 113. The highest BCUT2D eigenvalue weighted by atomic mass is 16.3. The van der Waals surface area contributed by atoms with E-state index >= 15 is 0 Å². The van der Waals surface area contributed by atoms with Gasteiger partial charge >= 0.3 is 0 Å². The third-order valence-electron chi connectivity index (χ3n) is 1.28. The van der Waals surface area contributed by atoms with Crippen LogP contribution in [0.4, 0.5) is 0 Å². The Morgan fingerprint density at radius 1 is 1.45 bits per heavy atom. The second-order valence-electron chi connectivity index (χ2n) is 3.35. The van der Waals surface area contributed by atoms with Crippen molar-refractivity contribution in [3.63, 3.8) is 0 Å². The predicted molar refractivity (Wildman–Crippen MR) is 48.6 cm³/mol. The summed E-state index contributed by atoms with van der Waals surface area (Å²) in [4.78, 5) is 0. The Labute approximate surface area is 69.3 Å². The molecule has 66 valence electrons. The van der Waals surface area contributed by atoms with Crippen molar-refractivity contribution in [1.29, 1.82) is 0 Å². The van der Waals surface area contributed by atoms with Crippen LogP contribution in [0.15, 0.2) is 12.2 Å². The molecule has 2 nitrogen and oxygen atoms in total. The van der Waals surface area contributed by atoms with Gasteiger partial charge in [0, 0.05) is 6.54 Å². The van der Waals surface area contributed by atoms with Gasteiger partial charge in [-0.2, -0.15) is 0 Å². The van der Waals surface area contributed by atoms with E-state index in [1.165, 1.54) is 0 Å². The fraction of sp³-hybridized carbons (Fsp3) is 0.778. The molecule has 0 atom stereocenters. The zero-order chi connectivity index (χ0) is 8.74. The summed E-state index contributed by atoms with van der Waals surface area (Å²) in [6, 6.07) is 0. The molecule has 0 radical (unpaired) electrons. The third kappa shape index (κ3) is 9.66. The summed E-state index contributed by atoms with van der Waals surface area (Å²) >= 11 is 0. The molecule has 0 spiro atoms. The van der Waals surface area contributed by atoms with Crippen LogP contribution < -0.4 is 5.32 Å². The Hall–Kier alpha value is -0.340. The van der Waals surface area contributed by atoms with E-state index in [1.807, 2.05) is 13.0 Å². The second-order valence-corrected chi connectivity index (χ2v) is 3.35. The van der Waals surface area contributed by atoms with Crippen molar-refractivity contribution in [2.24, 2.45) is 0 Å². The summed E-state index contributed by atoms with van der Waals surface area (Å²) in [6.45, 7) is 7.21. The first-order valence-electron chi connectivity index (χ1n) is 4.10. The van der Waals surface area contributed by atoms with Crippen molar-refractivity contribution in [2.75, 3.05) is 13.1 Å². The molecule has 2 N–H and O–H groups in total. The molecule has 0 aromatic heterocycles. The Balaban J connectivity index is 3.15. The van der Waals surface area contributed by atoms with Gasteiger partial charge in [0.05, 0.1) is 5.60 Å². The minimum absolute atomic E-state index is 0.587. The van der Waals surface area contributed by atoms with Gasteiger partial charge < -0.3 is 10.4 Å². The molecule has 0 heterocycles. The van der Waals surface area contributed by atoms with Crippen molar-refractivity contribution < 1.29 is 5.11 Å². The van der Waals surface area contributed by atoms with Crippen molar-refractivity contribution in [3.05, 3.63) is 12.2 Å². The van der Waals surface area contributed by atoms with Gasteiger partial charge in [-0.3, -0.25) is 0 Å². The van der Waals surface area contributed by atoms with Gasteiger partial charge in [-0.15, -0.1) is 0 Å². The van der Waals surface area contributed by atoms with E-state index in [0.717, 1.165) is 13.0 Å². The second kappa shape index (κ2) is 5.33. The third-order valence-corrected chi connectivity index (χ3v) is 1.28. The molecule has 0 aliphatic heterocycles. The zero-order valence-corrected chi connectivity index (χ0v) is 7.72. The van der Waals surface area contributed by atoms with Crippen LogP contribution in [0.1, 0.15) is 27.2 Å². The largest absolute Gasteiger partial charge is 0.389 e. The van der Waals surface area contributed by atoms with Crippen LogP contribution in [-0.2, 0) is 0 Å². The normalized spacial score (nSPS) is 12.7. The summed E-state index contributed by atoms with van der Waals surface area (Å²) in [7, 11) is 0. The van der Waals surface area contributed by atoms with Crippen molar-refractivity contribution in [3.8, 4) is 0 Å². The highest BCUT2D eigenvalue weighted by molar-refractivity contribution is 4.78. The molecular formula is C9H19NO. The molecule has 0 bridgehead atoms. The number of hydrogen-bond acceptors (Lipinski definition) is 2. The number of rotatable bonds is 5. The zero-order valence-electron chi connectivity index (χ0n) is 7.72. The minimum atomic E-state index is -0.587. The summed E-state index contributed by atoms with van der Waals surface area (Å²) in [6.07, 6.45) is 5.18. The average Bonchev–Trinajstić information content (AvgIpc) is 1.85. The van der Waals surface area contributed by atoms with E-state index in [4.69, 9.17) is 0 Å². The quantitative estimate of drug-likeness (QED) is 0.466. The monoisotopic (exact) mass is 157 g/mol. The lowest BCUT2D eigenvalue weighted by molar-refractivity contribution is 0.0802. The van der Waals surface area contributed by atoms with Crippen LogP contribution in [0.3, 0.4) is 0 Å². The van der Waals surface area contributed by atoms with E-state index in [2.05, 4.69) is 11.4 Å². The van der Waals surface area contributed by atoms with Crippen LogP contribution in [-0.4, -0.2) is 23.8 Å². The maximum Gasteiger partial charge on any atom is 0.0715 e. The molecule has 0 unspecified atom stereocenters. The smallest absolute Gasteiger partial charge is 0.0715 e. The Morgan fingerprint density at radius 3 is 2.55 bits per heavy atom. The molecule has 0 aliphatic carbocycles. The maximum absolute atomic E-state index is 9.29. The van der Waals surface area contributed by atoms with Crippen LogP contribution in [0.5, 0.6) is 0 Å². The Kier molecular flexibility index (Phi) is 5.16. The van der Waals surface area contributed by atoms with E-state index in [1.54, 1.807) is 13.8 Å². The predicted octanol–water partition coefficient (Wildman–Crippen LogP) is 1.31. The van der Waals surface area contributed by atoms with Gasteiger partial charge in [0.25, 0.3) is 0 Å². The van der Waals surface area contributed by atoms with Crippen LogP contribution in [0.25, 0.3) is 0 Å². The van der Waals surface area contributed by atoms with Crippen molar-refractivity contribution in [2.45, 2.75) is 32.8 Å². The highest BCUT2D eigenvalue weighted by Crippen LogP contribution is 1.96. The Morgan fingerprint density at radius 2 is 2.09 bits per heavy atom. The summed E-state index contributed by atoms with van der Waals surface area (Å²) in [5.74, 6) is 0. The van der Waals surface area contributed by atoms with E-state index < -0.39 is 5.60 Å². The molecule has 0 saturated carbocycles. The summed E-state index contributed by atoms with van der Waals surface area (Å²) in [5.41, 5.74) is -0.587. The molecule has 0 amide bonds. The van der Waals surface area contributed by atoms with E-state index in [0.29, 0.717) is 6.54 Å². The van der Waals surface area contributed by atoms with E-state index in [-0.39, 0.29) is 0 Å². The number of allylic oxidation sites excluding steroid dienone is 1.